The van der Waals surface area contributed by atoms with E-state index in [1.54, 1.807) is 0 Å². The van der Waals surface area contributed by atoms with Gasteiger partial charge in [0.05, 0.1) is 0 Å². The quantitative estimate of drug-likeness (QED) is 0.514. The summed E-state index contributed by atoms with van der Waals surface area (Å²) in [5.41, 5.74) is 0. The van der Waals surface area contributed by atoms with Crippen molar-refractivity contribution in [3.63, 3.8) is 0 Å². The molecular formula is H2BaO4Os. The van der Waals surface area contributed by atoms with Crippen molar-refractivity contribution in [3.05, 3.63) is 0 Å². The molecule has 0 saturated carbocycles. The van der Waals surface area contributed by atoms with Crippen LogP contribution in [0.5, 0.6) is 0 Å². The van der Waals surface area contributed by atoms with Gasteiger partial charge < -0.3 is 2.85 Å². The van der Waals surface area contributed by atoms with Crippen molar-refractivity contribution in [1.82, 2.24) is 0 Å². The second-order valence-corrected chi connectivity index (χ2v) is 2.89. The molecule has 0 atom stereocenters. The number of rotatable bonds is 0. The molecule has 36 valence electrons. The third kappa shape index (κ3) is 53.0. The Morgan fingerprint density at radius 2 is 1.00 bits per heavy atom. The third-order valence-electron chi connectivity index (χ3n) is 0. The van der Waals surface area contributed by atoms with Gasteiger partial charge in [-0.25, -0.2) is 0 Å². The van der Waals surface area contributed by atoms with Gasteiger partial charge in [0.25, 0.3) is 0 Å². The molecule has 0 saturated heterocycles. The van der Waals surface area contributed by atoms with Crippen LogP contribution in [0.25, 0.3) is 0 Å². The molecule has 0 rings (SSSR count). The summed E-state index contributed by atoms with van der Waals surface area (Å²) in [4.78, 5) is 0. The fraction of sp³-hybridized carbons (Fsp3) is 0. The first-order chi connectivity index (χ1) is 2.00. The first kappa shape index (κ1) is 10.4. The molecule has 0 fully saturated rings. The van der Waals surface area contributed by atoms with Crippen LogP contribution < -0.4 is 0 Å². The van der Waals surface area contributed by atoms with Crippen LogP contribution in [0.3, 0.4) is 0 Å². The average molecular weight is 394 g/mol. The van der Waals surface area contributed by atoms with E-state index in [4.69, 9.17) is 14.2 Å². The van der Waals surface area contributed by atoms with E-state index in [1.807, 2.05) is 0 Å². The van der Waals surface area contributed by atoms with Gasteiger partial charge in [0.1, 0.15) is 0 Å². The molecule has 0 amide bonds. The van der Waals surface area contributed by atoms with E-state index < -0.39 is 14.8 Å². The molecule has 0 aromatic carbocycles. The van der Waals surface area contributed by atoms with Gasteiger partial charge in [0.2, 0.25) is 0 Å². The molecule has 4 nitrogen and oxygen atoms in total. The summed E-state index contributed by atoms with van der Waals surface area (Å²) in [5.74, 6) is 0. The van der Waals surface area contributed by atoms with Crippen molar-refractivity contribution in [1.29, 1.82) is 0 Å². The molecule has 0 aliphatic rings. The normalized spacial score (nSPS) is 9.33. The van der Waals surface area contributed by atoms with Crippen molar-refractivity contribution < 1.29 is 31.8 Å². The second-order valence-electron chi connectivity index (χ2n) is 0.354. The zero-order valence-corrected chi connectivity index (χ0v) is 9.67. The fourth-order valence-corrected chi connectivity index (χ4v) is 0. The number of hydrogen-bond donors (Lipinski definition) is 0. The average Bonchev–Trinajstić information content (AvgIpc) is 0.722. The van der Waals surface area contributed by atoms with E-state index in [1.165, 1.54) is 0 Å². The van der Waals surface area contributed by atoms with E-state index in [9.17, 15) is 0 Å². The van der Waals surface area contributed by atoms with Crippen LogP contribution in [0, 0.1) is 0 Å². The molecule has 0 heterocycles. The zero-order chi connectivity index (χ0) is 4.50. The summed E-state index contributed by atoms with van der Waals surface area (Å²) in [7, 11) is 0. The molecular weight excluding hydrogens is 392 g/mol. The minimum atomic E-state index is -6.06. The summed E-state index contributed by atoms with van der Waals surface area (Å²) < 4.78 is 34.5. The molecule has 0 N–H and O–H groups in total. The van der Waals surface area contributed by atoms with Crippen molar-refractivity contribution in [3.8, 4) is 0 Å². The molecule has 0 radical (unpaired) electrons. The predicted molar refractivity (Wildman–Crippen MR) is 10.7 cm³/mol. The van der Waals surface area contributed by atoms with Gasteiger partial charge in [-0.15, -0.1) is 0 Å². The van der Waals surface area contributed by atoms with E-state index in [2.05, 4.69) is 0 Å². The summed E-state index contributed by atoms with van der Waals surface area (Å²) in [5, 5.41) is 0. The van der Waals surface area contributed by atoms with Crippen LogP contribution in [0.1, 0.15) is 2.85 Å². The second kappa shape index (κ2) is 3.41. The molecule has 6 heteroatoms. The first-order valence-corrected chi connectivity index (χ1v) is 4.73. The Balaban J connectivity index is -0.0000000267. The van der Waals surface area contributed by atoms with Crippen molar-refractivity contribution in [2.24, 2.45) is 0 Å². The summed E-state index contributed by atoms with van der Waals surface area (Å²) >= 11 is -6.06. The molecule has 0 unspecified atom stereocenters. The molecule has 0 spiro atoms. The van der Waals surface area contributed by atoms with Crippen LogP contribution >= 0.6 is 0 Å². The Kier molecular flexibility index (Phi) is 5.92. The Morgan fingerprint density at radius 3 is 1.00 bits per heavy atom. The van der Waals surface area contributed by atoms with Crippen LogP contribution in [-0.2, 0) is 29.0 Å². The maximum atomic E-state index is 8.63. The van der Waals surface area contributed by atoms with Crippen LogP contribution in [0.15, 0.2) is 0 Å². The molecule has 0 aliphatic carbocycles. The predicted octanol–water partition coefficient (Wildman–Crippen LogP) is -0.634. The van der Waals surface area contributed by atoms with Gasteiger partial charge in [-0.05, 0) is 0 Å². The Bertz CT molecular complexity index is 165. The fourth-order valence-electron chi connectivity index (χ4n) is 0. The van der Waals surface area contributed by atoms with Crippen molar-refractivity contribution in [2.75, 3.05) is 0 Å². The van der Waals surface area contributed by atoms with Crippen molar-refractivity contribution >= 4 is 48.9 Å². The first-order valence-electron chi connectivity index (χ1n) is 0.577. The van der Waals surface area contributed by atoms with Gasteiger partial charge >= 0.3 is 77.9 Å². The minimum absolute atomic E-state index is 0. The molecule has 6 heavy (non-hydrogen) atoms. The van der Waals surface area contributed by atoms with E-state index >= 15 is 0 Å². The number of hydrogen-bond acceptors (Lipinski definition) is 4. The Labute approximate surface area is 79.3 Å². The van der Waals surface area contributed by atoms with E-state index in [0.717, 1.165) is 0 Å². The maximum absolute atomic E-state index is 8.63. The standard InChI is InChI=1S/Ba.4O.Os.2H/q+2;;;;;;2*-1. The Morgan fingerprint density at radius 1 is 1.00 bits per heavy atom. The van der Waals surface area contributed by atoms with Crippen LogP contribution in [-0.4, -0.2) is 48.9 Å². The molecule has 0 aromatic heterocycles. The summed E-state index contributed by atoms with van der Waals surface area (Å²) in [6.45, 7) is 0. The summed E-state index contributed by atoms with van der Waals surface area (Å²) in [6.07, 6.45) is 0. The van der Waals surface area contributed by atoms with Crippen LogP contribution in [0.2, 0.25) is 0 Å². The Hall–Kier alpha value is 1.41. The van der Waals surface area contributed by atoms with Gasteiger partial charge in [0, 0.05) is 0 Å². The topological polar surface area (TPSA) is 68.3 Å². The molecule has 0 aliphatic heterocycles. The van der Waals surface area contributed by atoms with E-state index in [0.29, 0.717) is 0 Å². The SMILES string of the molecule is [Ba+2].[H-].[H-].[O]=[Os](=[O])(=[O])=[O]. The van der Waals surface area contributed by atoms with Gasteiger partial charge in [0.15, 0.2) is 0 Å². The van der Waals surface area contributed by atoms with Gasteiger partial charge in [-0.1, -0.05) is 0 Å². The summed E-state index contributed by atoms with van der Waals surface area (Å²) in [6, 6.07) is 0. The van der Waals surface area contributed by atoms with E-state index in [-0.39, 0.29) is 51.7 Å². The zero-order valence-electron chi connectivity index (χ0n) is 4.69. The van der Waals surface area contributed by atoms with Crippen LogP contribution in [0.4, 0.5) is 0 Å². The molecule has 0 aromatic rings. The van der Waals surface area contributed by atoms with Crippen molar-refractivity contribution in [2.45, 2.75) is 0 Å². The molecule has 0 bridgehead atoms. The van der Waals surface area contributed by atoms with Gasteiger partial charge in [-0.2, -0.15) is 0 Å². The van der Waals surface area contributed by atoms with Gasteiger partial charge in [-0.3, -0.25) is 0 Å². The third-order valence-corrected chi connectivity index (χ3v) is 0. The monoisotopic (exact) mass is 396 g/mol.